The van der Waals surface area contributed by atoms with Gasteiger partial charge in [0.2, 0.25) is 0 Å². The van der Waals surface area contributed by atoms with Crippen molar-refractivity contribution in [3.63, 3.8) is 0 Å². The summed E-state index contributed by atoms with van der Waals surface area (Å²) in [6.07, 6.45) is 3.75. The lowest BCUT2D eigenvalue weighted by atomic mass is 9.92. The molecule has 1 heterocycles. The van der Waals surface area contributed by atoms with E-state index in [0.717, 1.165) is 41.3 Å². The van der Waals surface area contributed by atoms with Crippen LogP contribution < -0.4 is 4.74 Å². The number of rotatable bonds is 3. The fourth-order valence-corrected chi connectivity index (χ4v) is 4.56. The van der Waals surface area contributed by atoms with Gasteiger partial charge >= 0.3 is 0 Å². The van der Waals surface area contributed by atoms with Gasteiger partial charge in [0.25, 0.3) is 5.91 Å². The third kappa shape index (κ3) is 3.69. The Morgan fingerprint density at radius 2 is 1.93 bits per heavy atom. The van der Waals surface area contributed by atoms with Gasteiger partial charge in [-0.15, -0.1) is 0 Å². The van der Waals surface area contributed by atoms with Gasteiger partial charge in [0.1, 0.15) is 11.8 Å². The minimum atomic E-state index is 0.111. The first-order chi connectivity index (χ1) is 13.0. The number of ether oxygens (including phenoxy) is 1. The normalized spacial score (nSPS) is 21.7. The van der Waals surface area contributed by atoms with E-state index in [4.69, 9.17) is 21.6 Å². The maximum Gasteiger partial charge on any atom is 0.254 e. The molecular formula is C21H18BrClN2O2. The van der Waals surface area contributed by atoms with Crippen LogP contribution in [0.5, 0.6) is 5.75 Å². The molecular weight excluding hydrogens is 428 g/mol. The number of halogens is 2. The molecule has 4 nitrogen and oxygen atoms in total. The third-order valence-corrected chi connectivity index (χ3v) is 6.15. The third-order valence-electron chi connectivity index (χ3n) is 5.35. The summed E-state index contributed by atoms with van der Waals surface area (Å²) < 4.78 is 7.06. The Labute approximate surface area is 171 Å². The lowest BCUT2D eigenvalue weighted by Crippen LogP contribution is -2.40. The summed E-state index contributed by atoms with van der Waals surface area (Å²) >= 11 is 9.56. The number of nitriles is 1. The van der Waals surface area contributed by atoms with E-state index in [1.54, 1.807) is 18.2 Å². The van der Waals surface area contributed by atoms with Gasteiger partial charge in [-0.2, -0.15) is 5.26 Å². The van der Waals surface area contributed by atoms with Gasteiger partial charge in [0.05, 0.1) is 16.7 Å². The standard InChI is InChI=1S/C21H18BrClN2O2/c22-15-2-8-19-14(9-15)12-25(21(19)26)16-3-6-17(7-4-16)27-18-5-1-13(11-24)20(23)10-18/h1-2,5,8-10,16-17H,3-4,6-7,12H2/t16-,17-. The summed E-state index contributed by atoms with van der Waals surface area (Å²) in [6, 6.07) is 13.3. The zero-order valence-corrected chi connectivity index (χ0v) is 17.0. The fourth-order valence-electron chi connectivity index (χ4n) is 3.93. The Kier molecular flexibility index (Phi) is 5.12. The van der Waals surface area contributed by atoms with Gasteiger partial charge in [0.15, 0.2) is 0 Å². The second-order valence-electron chi connectivity index (χ2n) is 7.04. The highest BCUT2D eigenvalue weighted by atomic mass is 79.9. The predicted molar refractivity (Wildman–Crippen MR) is 107 cm³/mol. The first kappa shape index (κ1) is 18.3. The van der Waals surface area contributed by atoms with Crippen molar-refractivity contribution in [3.8, 4) is 11.8 Å². The summed E-state index contributed by atoms with van der Waals surface area (Å²) in [4.78, 5) is 14.7. The van der Waals surface area contributed by atoms with Gasteiger partial charge in [-0.1, -0.05) is 27.5 Å². The zero-order chi connectivity index (χ0) is 19.0. The molecule has 6 heteroatoms. The van der Waals surface area contributed by atoms with Crippen LogP contribution in [0.4, 0.5) is 0 Å². The van der Waals surface area contributed by atoms with Crippen molar-refractivity contribution in [1.29, 1.82) is 5.26 Å². The smallest absolute Gasteiger partial charge is 0.254 e. The van der Waals surface area contributed by atoms with Gasteiger partial charge in [-0.3, -0.25) is 4.79 Å². The molecule has 0 unspecified atom stereocenters. The Morgan fingerprint density at radius 1 is 1.15 bits per heavy atom. The lowest BCUT2D eigenvalue weighted by Gasteiger charge is -2.34. The molecule has 1 aliphatic carbocycles. The second kappa shape index (κ2) is 7.53. The van der Waals surface area contributed by atoms with Crippen LogP contribution in [0.1, 0.15) is 47.2 Å². The quantitative estimate of drug-likeness (QED) is 0.642. The summed E-state index contributed by atoms with van der Waals surface area (Å²) in [7, 11) is 0. The van der Waals surface area contributed by atoms with E-state index in [2.05, 4.69) is 22.0 Å². The van der Waals surface area contributed by atoms with Crippen LogP contribution in [-0.2, 0) is 6.54 Å². The average Bonchev–Trinajstić information content (AvgIpc) is 2.98. The van der Waals surface area contributed by atoms with Crippen molar-refractivity contribution < 1.29 is 9.53 Å². The molecule has 0 bridgehead atoms. The molecule has 0 atom stereocenters. The number of hydrogen-bond donors (Lipinski definition) is 0. The van der Waals surface area contributed by atoms with Crippen molar-refractivity contribution in [2.24, 2.45) is 0 Å². The summed E-state index contributed by atoms with van der Waals surface area (Å²) in [5, 5.41) is 9.37. The van der Waals surface area contributed by atoms with E-state index in [1.807, 2.05) is 23.1 Å². The molecule has 2 aromatic rings. The highest BCUT2D eigenvalue weighted by molar-refractivity contribution is 9.10. The number of carbonyl (C=O) groups excluding carboxylic acids is 1. The van der Waals surface area contributed by atoms with Crippen molar-refractivity contribution in [2.75, 3.05) is 0 Å². The first-order valence-corrected chi connectivity index (χ1v) is 10.2. The second-order valence-corrected chi connectivity index (χ2v) is 8.36. The SMILES string of the molecule is N#Cc1ccc(O[C@H]2CC[C@H](N3Cc4cc(Br)ccc4C3=O)CC2)cc1Cl. The van der Waals surface area contributed by atoms with Crippen molar-refractivity contribution in [1.82, 2.24) is 4.90 Å². The van der Waals surface area contributed by atoms with Gasteiger partial charge in [-0.05, 0) is 61.6 Å². The van der Waals surface area contributed by atoms with Gasteiger partial charge in [0, 0.05) is 28.7 Å². The van der Waals surface area contributed by atoms with E-state index in [-0.39, 0.29) is 18.1 Å². The van der Waals surface area contributed by atoms with Crippen LogP contribution >= 0.6 is 27.5 Å². The molecule has 1 fully saturated rings. The highest BCUT2D eigenvalue weighted by Gasteiger charge is 2.35. The van der Waals surface area contributed by atoms with Crippen LogP contribution in [0.2, 0.25) is 5.02 Å². The number of benzene rings is 2. The molecule has 0 aromatic heterocycles. The molecule has 0 spiro atoms. The lowest BCUT2D eigenvalue weighted by molar-refractivity contribution is 0.0561. The average molecular weight is 446 g/mol. The maximum atomic E-state index is 12.7. The van der Waals surface area contributed by atoms with Crippen molar-refractivity contribution >= 4 is 33.4 Å². The Morgan fingerprint density at radius 3 is 2.63 bits per heavy atom. The monoisotopic (exact) mass is 444 g/mol. The van der Waals surface area contributed by atoms with Crippen LogP contribution in [0.15, 0.2) is 40.9 Å². The van der Waals surface area contributed by atoms with Crippen LogP contribution in [0.25, 0.3) is 0 Å². The molecule has 1 saturated carbocycles. The molecule has 0 saturated heterocycles. The zero-order valence-electron chi connectivity index (χ0n) is 14.6. The Bertz CT molecular complexity index is 932. The van der Waals surface area contributed by atoms with E-state index in [1.165, 1.54) is 0 Å². The molecule has 2 aliphatic rings. The number of hydrogen-bond acceptors (Lipinski definition) is 3. The van der Waals surface area contributed by atoms with E-state index in [9.17, 15) is 4.79 Å². The topological polar surface area (TPSA) is 53.3 Å². The minimum Gasteiger partial charge on any atom is -0.490 e. The first-order valence-electron chi connectivity index (χ1n) is 9.01. The Hall–Kier alpha value is -2.03. The number of amides is 1. The molecule has 138 valence electrons. The van der Waals surface area contributed by atoms with Gasteiger partial charge < -0.3 is 9.64 Å². The summed E-state index contributed by atoms with van der Waals surface area (Å²) in [5.74, 6) is 0.831. The number of nitrogens with zero attached hydrogens (tertiary/aromatic N) is 2. The highest BCUT2D eigenvalue weighted by Crippen LogP contribution is 2.34. The van der Waals surface area contributed by atoms with Crippen molar-refractivity contribution in [3.05, 3.63) is 62.6 Å². The molecule has 2 aromatic carbocycles. The number of carbonyl (C=O) groups is 1. The summed E-state index contributed by atoms with van der Waals surface area (Å²) in [6.45, 7) is 0.690. The molecule has 1 aliphatic heterocycles. The van der Waals surface area contributed by atoms with E-state index in [0.29, 0.717) is 22.9 Å². The van der Waals surface area contributed by atoms with E-state index < -0.39 is 0 Å². The predicted octanol–water partition coefficient (Wildman–Crippen LogP) is 5.32. The van der Waals surface area contributed by atoms with E-state index >= 15 is 0 Å². The van der Waals surface area contributed by atoms with Crippen LogP contribution in [0.3, 0.4) is 0 Å². The largest absolute Gasteiger partial charge is 0.490 e. The van der Waals surface area contributed by atoms with Crippen molar-refractivity contribution in [2.45, 2.75) is 44.4 Å². The van der Waals surface area contributed by atoms with Gasteiger partial charge in [-0.25, -0.2) is 0 Å². The molecule has 1 amide bonds. The molecule has 27 heavy (non-hydrogen) atoms. The molecule has 0 radical (unpaired) electrons. The van der Waals surface area contributed by atoms with Crippen LogP contribution in [-0.4, -0.2) is 23.0 Å². The summed E-state index contributed by atoms with van der Waals surface area (Å²) in [5.41, 5.74) is 2.37. The molecule has 0 N–H and O–H groups in total. The number of fused-ring (bicyclic) bond motifs is 1. The van der Waals surface area contributed by atoms with Crippen LogP contribution in [0, 0.1) is 11.3 Å². The molecule has 4 rings (SSSR count). The fraction of sp³-hybridized carbons (Fsp3) is 0.333. The minimum absolute atomic E-state index is 0.111. The maximum absolute atomic E-state index is 12.7. The Balaban J connectivity index is 1.36.